The van der Waals surface area contributed by atoms with E-state index in [-0.39, 0.29) is 12.5 Å². The van der Waals surface area contributed by atoms with Crippen molar-refractivity contribution in [2.24, 2.45) is 0 Å². The Hall–Kier alpha value is -1.55. The zero-order valence-electron chi connectivity index (χ0n) is 11.5. The number of ether oxygens (including phenoxy) is 1. The number of amides is 1. The van der Waals surface area contributed by atoms with E-state index in [1.54, 1.807) is 0 Å². The van der Waals surface area contributed by atoms with Crippen LogP contribution in [0.25, 0.3) is 0 Å². The van der Waals surface area contributed by atoms with Crippen molar-refractivity contribution in [2.45, 2.75) is 32.7 Å². The SMILES string of the molecule is CCCOCC(=O)NCc1cccc2c1NCCC2. The van der Waals surface area contributed by atoms with Gasteiger partial charge < -0.3 is 15.4 Å². The number of anilines is 1. The van der Waals surface area contributed by atoms with Crippen LogP contribution in [0.4, 0.5) is 5.69 Å². The fourth-order valence-electron chi connectivity index (χ4n) is 2.28. The molecule has 104 valence electrons. The van der Waals surface area contributed by atoms with Gasteiger partial charge in [-0.1, -0.05) is 25.1 Å². The molecule has 2 rings (SSSR count). The lowest BCUT2D eigenvalue weighted by Gasteiger charge is -2.21. The van der Waals surface area contributed by atoms with Gasteiger partial charge in [-0.2, -0.15) is 0 Å². The number of hydrogen-bond donors (Lipinski definition) is 2. The monoisotopic (exact) mass is 262 g/mol. The van der Waals surface area contributed by atoms with E-state index in [1.807, 2.05) is 6.92 Å². The first-order chi connectivity index (χ1) is 9.31. The molecule has 1 aromatic carbocycles. The summed E-state index contributed by atoms with van der Waals surface area (Å²) in [6.45, 7) is 4.38. The maximum Gasteiger partial charge on any atom is 0.246 e. The molecule has 0 radical (unpaired) electrons. The molecule has 0 saturated carbocycles. The third-order valence-electron chi connectivity index (χ3n) is 3.22. The second-order valence-electron chi connectivity index (χ2n) is 4.81. The Balaban J connectivity index is 1.87. The molecule has 0 spiro atoms. The molecule has 0 aliphatic carbocycles. The van der Waals surface area contributed by atoms with Gasteiger partial charge in [0.2, 0.25) is 5.91 Å². The number of carbonyl (C=O) groups excluding carboxylic acids is 1. The first-order valence-corrected chi connectivity index (χ1v) is 7.00. The van der Waals surface area contributed by atoms with Crippen LogP contribution in [0, 0.1) is 0 Å². The van der Waals surface area contributed by atoms with E-state index in [1.165, 1.54) is 17.7 Å². The van der Waals surface area contributed by atoms with Crippen LogP contribution in [-0.4, -0.2) is 25.7 Å². The van der Waals surface area contributed by atoms with Gasteiger partial charge in [-0.05, 0) is 30.4 Å². The van der Waals surface area contributed by atoms with Gasteiger partial charge in [0.1, 0.15) is 6.61 Å². The van der Waals surface area contributed by atoms with Crippen LogP contribution in [0.5, 0.6) is 0 Å². The molecule has 1 heterocycles. The molecule has 2 N–H and O–H groups in total. The molecule has 1 aliphatic heterocycles. The van der Waals surface area contributed by atoms with E-state index in [0.29, 0.717) is 13.2 Å². The molecule has 0 atom stereocenters. The number of aryl methyl sites for hydroxylation is 1. The third-order valence-corrected chi connectivity index (χ3v) is 3.22. The Kier molecular flexibility index (Phi) is 5.21. The summed E-state index contributed by atoms with van der Waals surface area (Å²) in [5.74, 6) is -0.0538. The van der Waals surface area contributed by atoms with Crippen molar-refractivity contribution in [3.05, 3.63) is 29.3 Å². The molecule has 4 heteroatoms. The second-order valence-corrected chi connectivity index (χ2v) is 4.81. The van der Waals surface area contributed by atoms with Gasteiger partial charge in [-0.25, -0.2) is 0 Å². The lowest BCUT2D eigenvalue weighted by atomic mass is 9.99. The van der Waals surface area contributed by atoms with Crippen molar-refractivity contribution < 1.29 is 9.53 Å². The minimum atomic E-state index is -0.0538. The lowest BCUT2D eigenvalue weighted by molar-refractivity contribution is -0.125. The van der Waals surface area contributed by atoms with Crippen LogP contribution < -0.4 is 10.6 Å². The number of hydrogen-bond acceptors (Lipinski definition) is 3. The van der Waals surface area contributed by atoms with Crippen LogP contribution in [0.2, 0.25) is 0 Å². The Labute approximate surface area is 114 Å². The first kappa shape index (κ1) is 13.9. The van der Waals surface area contributed by atoms with Gasteiger partial charge in [-0.3, -0.25) is 4.79 Å². The highest BCUT2D eigenvalue weighted by Crippen LogP contribution is 2.25. The van der Waals surface area contributed by atoms with Crippen LogP contribution in [-0.2, 0) is 22.5 Å². The summed E-state index contributed by atoms with van der Waals surface area (Å²) in [7, 11) is 0. The van der Waals surface area contributed by atoms with Crippen LogP contribution >= 0.6 is 0 Å². The van der Waals surface area contributed by atoms with Crippen LogP contribution in [0.3, 0.4) is 0 Å². The first-order valence-electron chi connectivity index (χ1n) is 7.00. The summed E-state index contributed by atoms with van der Waals surface area (Å²) in [6, 6.07) is 6.27. The van der Waals surface area contributed by atoms with E-state index in [4.69, 9.17) is 4.74 Å². The normalized spacial score (nSPS) is 13.5. The van der Waals surface area contributed by atoms with Gasteiger partial charge >= 0.3 is 0 Å². The van der Waals surface area contributed by atoms with E-state index < -0.39 is 0 Å². The highest BCUT2D eigenvalue weighted by Gasteiger charge is 2.12. The number of fused-ring (bicyclic) bond motifs is 1. The molecule has 0 aromatic heterocycles. The predicted molar refractivity (Wildman–Crippen MR) is 76.2 cm³/mol. The highest BCUT2D eigenvalue weighted by molar-refractivity contribution is 5.77. The summed E-state index contributed by atoms with van der Waals surface area (Å²) >= 11 is 0. The summed E-state index contributed by atoms with van der Waals surface area (Å²) in [4.78, 5) is 11.6. The fourth-order valence-corrected chi connectivity index (χ4v) is 2.28. The molecule has 4 nitrogen and oxygen atoms in total. The minimum absolute atomic E-state index is 0.0538. The number of benzene rings is 1. The van der Waals surface area contributed by atoms with Crippen molar-refractivity contribution in [1.29, 1.82) is 0 Å². The summed E-state index contributed by atoms with van der Waals surface area (Å²) in [5, 5.41) is 6.33. The Bertz CT molecular complexity index is 432. The van der Waals surface area contributed by atoms with Gasteiger partial charge in [0, 0.05) is 25.4 Å². The molecule has 0 saturated heterocycles. The van der Waals surface area contributed by atoms with Crippen molar-refractivity contribution in [2.75, 3.05) is 25.1 Å². The molecular weight excluding hydrogens is 240 g/mol. The predicted octanol–water partition coefficient (Wildman–Crippen LogP) is 2.09. The van der Waals surface area contributed by atoms with Gasteiger partial charge in [-0.15, -0.1) is 0 Å². The average molecular weight is 262 g/mol. The van der Waals surface area contributed by atoms with E-state index in [9.17, 15) is 4.79 Å². The van der Waals surface area contributed by atoms with Crippen LogP contribution in [0.15, 0.2) is 18.2 Å². The minimum Gasteiger partial charge on any atom is -0.385 e. The number of carbonyl (C=O) groups is 1. The largest absolute Gasteiger partial charge is 0.385 e. The van der Waals surface area contributed by atoms with Crippen LogP contribution in [0.1, 0.15) is 30.9 Å². The van der Waals surface area contributed by atoms with E-state index in [0.717, 1.165) is 24.9 Å². The van der Waals surface area contributed by atoms with Crippen molar-refractivity contribution >= 4 is 11.6 Å². The zero-order valence-corrected chi connectivity index (χ0v) is 11.5. The topological polar surface area (TPSA) is 50.4 Å². The summed E-state index contributed by atoms with van der Waals surface area (Å²) in [5.41, 5.74) is 3.70. The fraction of sp³-hybridized carbons (Fsp3) is 0.533. The molecule has 0 fully saturated rings. The summed E-state index contributed by atoms with van der Waals surface area (Å²) < 4.78 is 5.22. The lowest BCUT2D eigenvalue weighted by Crippen LogP contribution is -2.28. The summed E-state index contributed by atoms with van der Waals surface area (Å²) in [6.07, 6.45) is 3.22. The molecule has 0 unspecified atom stereocenters. The quantitative estimate of drug-likeness (QED) is 0.772. The van der Waals surface area contributed by atoms with Crippen molar-refractivity contribution in [1.82, 2.24) is 5.32 Å². The molecule has 1 aromatic rings. The standard InChI is InChI=1S/C15H22N2O2/c1-2-9-19-11-14(18)17-10-13-6-3-5-12-7-4-8-16-15(12)13/h3,5-6,16H,2,4,7-11H2,1H3,(H,17,18). The maximum atomic E-state index is 11.6. The van der Waals surface area contributed by atoms with Gasteiger partial charge in [0.25, 0.3) is 0 Å². The molecule has 0 bridgehead atoms. The number of nitrogens with one attached hydrogen (secondary N) is 2. The highest BCUT2D eigenvalue weighted by atomic mass is 16.5. The smallest absolute Gasteiger partial charge is 0.246 e. The molecular formula is C15H22N2O2. The number of rotatable bonds is 6. The van der Waals surface area contributed by atoms with Gasteiger partial charge in [0.05, 0.1) is 0 Å². The Morgan fingerprint density at radius 3 is 3.21 bits per heavy atom. The van der Waals surface area contributed by atoms with Crippen molar-refractivity contribution in [3.8, 4) is 0 Å². The zero-order chi connectivity index (χ0) is 13.5. The van der Waals surface area contributed by atoms with Crippen molar-refractivity contribution in [3.63, 3.8) is 0 Å². The van der Waals surface area contributed by atoms with E-state index in [2.05, 4.69) is 28.8 Å². The maximum absolute atomic E-state index is 11.6. The number of para-hydroxylation sites is 1. The second kappa shape index (κ2) is 7.14. The Morgan fingerprint density at radius 2 is 2.37 bits per heavy atom. The molecule has 1 amide bonds. The third kappa shape index (κ3) is 3.96. The Morgan fingerprint density at radius 1 is 1.47 bits per heavy atom. The van der Waals surface area contributed by atoms with Gasteiger partial charge in [0.15, 0.2) is 0 Å². The molecule has 19 heavy (non-hydrogen) atoms. The molecule has 1 aliphatic rings. The average Bonchev–Trinajstić information content (AvgIpc) is 2.45. The van der Waals surface area contributed by atoms with E-state index >= 15 is 0 Å².